The van der Waals surface area contributed by atoms with Gasteiger partial charge in [0, 0.05) is 13.1 Å². The lowest BCUT2D eigenvalue weighted by Crippen LogP contribution is -2.49. The maximum absolute atomic E-state index is 13.9. The lowest BCUT2D eigenvalue weighted by Gasteiger charge is -2.32. The predicted octanol–water partition coefficient (Wildman–Crippen LogP) is 2.93. The molecule has 0 saturated heterocycles. The first-order valence-corrected chi connectivity index (χ1v) is 12.6. The molecule has 0 spiro atoms. The maximum atomic E-state index is 13.9. The number of ether oxygens (including phenoxy) is 2. The number of primary amides is 1. The van der Waals surface area contributed by atoms with Gasteiger partial charge in [-0.15, -0.1) is 0 Å². The molecule has 5 N–H and O–H groups in total. The van der Waals surface area contributed by atoms with E-state index in [1.165, 1.54) is 4.90 Å². The summed E-state index contributed by atoms with van der Waals surface area (Å²) in [5, 5.41) is 2.96. The number of nitrogens with zero attached hydrogens (tertiary/aromatic N) is 2. The van der Waals surface area contributed by atoms with Gasteiger partial charge < -0.3 is 31.2 Å². The first-order chi connectivity index (χ1) is 17.7. The van der Waals surface area contributed by atoms with Gasteiger partial charge in [-0.3, -0.25) is 14.4 Å². The van der Waals surface area contributed by atoms with Crippen LogP contribution in [0, 0.1) is 5.92 Å². The Hall–Kier alpha value is -4.12. The number of nitrogens with two attached hydrogens (primary N) is 2. The molecule has 2 heterocycles. The molecule has 37 heavy (non-hydrogen) atoms. The van der Waals surface area contributed by atoms with Gasteiger partial charge in [0.2, 0.25) is 12.7 Å². The molecule has 194 valence electrons. The van der Waals surface area contributed by atoms with Crippen LogP contribution in [-0.4, -0.2) is 39.8 Å². The van der Waals surface area contributed by atoms with Crippen LogP contribution in [0.3, 0.4) is 0 Å². The Labute approximate surface area is 218 Å². The van der Waals surface area contributed by atoms with Gasteiger partial charge >= 0.3 is 0 Å². The van der Waals surface area contributed by atoms with E-state index in [2.05, 4.69) is 9.69 Å². The Balaban J connectivity index is 1.68. The van der Waals surface area contributed by atoms with Crippen LogP contribution in [0.4, 0.5) is 5.69 Å². The molecule has 0 radical (unpaired) electrons. The van der Waals surface area contributed by atoms with Gasteiger partial charge in [0.15, 0.2) is 17.2 Å². The summed E-state index contributed by atoms with van der Waals surface area (Å²) in [6.45, 7) is 4.48. The summed E-state index contributed by atoms with van der Waals surface area (Å²) < 4.78 is 14.9. The first-order valence-electron chi connectivity index (χ1n) is 11.8. The van der Waals surface area contributed by atoms with Crippen LogP contribution >= 0.6 is 11.5 Å². The summed E-state index contributed by atoms with van der Waals surface area (Å²) >= 11 is 0.786. The first kappa shape index (κ1) is 26.0. The summed E-state index contributed by atoms with van der Waals surface area (Å²) in [6, 6.07) is 14.1. The van der Waals surface area contributed by atoms with Gasteiger partial charge in [-0.2, -0.15) is 4.37 Å². The number of benzene rings is 2. The molecule has 2 aromatic carbocycles. The molecule has 0 bridgehead atoms. The Morgan fingerprint density at radius 1 is 1.08 bits per heavy atom. The molecule has 1 aliphatic rings. The van der Waals surface area contributed by atoms with Gasteiger partial charge in [0.05, 0.1) is 5.69 Å². The smallest absolute Gasteiger partial charge is 0.270 e. The molecule has 0 saturated carbocycles. The van der Waals surface area contributed by atoms with Gasteiger partial charge in [-0.05, 0) is 47.1 Å². The molecule has 3 aromatic rings. The minimum Gasteiger partial charge on any atom is -0.454 e. The minimum absolute atomic E-state index is 0.0548. The van der Waals surface area contributed by atoms with Crippen LogP contribution in [0.5, 0.6) is 11.5 Å². The number of nitrogen functional groups attached to an aromatic ring is 1. The number of anilines is 1. The van der Waals surface area contributed by atoms with E-state index in [4.69, 9.17) is 20.9 Å². The third-order valence-corrected chi connectivity index (χ3v) is 6.74. The van der Waals surface area contributed by atoms with Crippen LogP contribution in [0.2, 0.25) is 0 Å². The number of fused-ring (bicyclic) bond motifs is 1. The van der Waals surface area contributed by atoms with Crippen molar-refractivity contribution in [2.75, 3.05) is 12.5 Å². The van der Waals surface area contributed by atoms with E-state index in [0.717, 1.165) is 22.7 Å². The zero-order chi connectivity index (χ0) is 26.5. The van der Waals surface area contributed by atoms with Crippen molar-refractivity contribution in [1.82, 2.24) is 14.6 Å². The molecular formula is C26H29N5O5S. The highest BCUT2D eigenvalue weighted by Crippen LogP contribution is 2.34. The number of nitrogens with one attached hydrogen (secondary N) is 1. The van der Waals surface area contributed by atoms with Crippen molar-refractivity contribution in [2.45, 2.75) is 39.4 Å². The lowest BCUT2D eigenvalue weighted by molar-refractivity contribution is -0.126. The fourth-order valence-corrected chi connectivity index (χ4v) is 4.81. The fourth-order valence-electron chi connectivity index (χ4n) is 4.04. The van der Waals surface area contributed by atoms with Crippen molar-refractivity contribution in [2.24, 2.45) is 11.7 Å². The molecule has 1 aliphatic heterocycles. The molecule has 0 aliphatic carbocycles. The Morgan fingerprint density at radius 3 is 2.49 bits per heavy atom. The third-order valence-electron chi connectivity index (χ3n) is 5.89. The third kappa shape index (κ3) is 6.00. The van der Waals surface area contributed by atoms with Crippen molar-refractivity contribution in [3.8, 4) is 11.5 Å². The van der Waals surface area contributed by atoms with Gasteiger partial charge in [-0.25, -0.2) is 0 Å². The van der Waals surface area contributed by atoms with E-state index >= 15 is 0 Å². The number of amides is 3. The molecule has 11 heteroatoms. The van der Waals surface area contributed by atoms with Crippen LogP contribution in [-0.2, 0) is 17.9 Å². The topological polar surface area (TPSA) is 150 Å². The quantitative estimate of drug-likeness (QED) is 0.370. The van der Waals surface area contributed by atoms with E-state index in [9.17, 15) is 14.4 Å². The average molecular weight is 524 g/mol. The summed E-state index contributed by atoms with van der Waals surface area (Å²) in [6.07, 6.45) is 0.401. The van der Waals surface area contributed by atoms with E-state index in [-0.39, 0.29) is 41.4 Å². The number of carbonyl (C=O) groups excluding carboxylic acids is 3. The molecule has 3 amide bonds. The molecular weight excluding hydrogens is 494 g/mol. The summed E-state index contributed by atoms with van der Waals surface area (Å²) in [5.74, 6) is -0.370. The van der Waals surface area contributed by atoms with Crippen molar-refractivity contribution >= 4 is 34.9 Å². The number of rotatable bonds is 10. The van der Waals surface area contributed by atoms with Crippen molar-refractivity contribution in [1.29, 1.82) is 0 Å². The molecule has 10 nitrogen and oxygen atoms in total. The number of aromatic nitrogens is 1. The van der Waals surface area contributed by atoms with Gasteiger partial charge in [-0.1, -0.05) is 50.2 Å². The lowest BCUT2D eigenvalue weighted by atomic mass is 10.00. The van der Waals surface area contributed by atoms with Crippen molar-refractivity contribution < 1.29 is 23.9 Å². The van der Waals surface area contributed by atoms with Crippen LogP contribution in [0.15, 0.2) is 48.5 Å². The van der Waals surface area contributed by atoms with Crippen molar-refractivity contribution in [3.05, 3.63) is 70.2 Å². The monoisotopic (exact) mass is 523 g/mol. The maximum Gasteiger partial charge on any atom is 0.270 e. The Kier molecular flexibility index (Phi) is 7.92. The number of hydrogen-bond donors (Lipinski definition) is 3. The number of carbonyl (C=O) groups is 3. The summed E-state index contributed by atoms with van der Waals surface area (Å²) in [7, 11) is 0. The zero-order valence-corrected chi connectivity index (χ0v) is 21.4. The largest absolute Gasteiger partial charge is 0.454 e. The molecule has 1 unspecified atom stereocenters. The van der Waals surface area contributed by atoms with Gasteiger partial charge in [0.25, 0.3) is 11.8 Å². The van der Waals surface area contributed by atoms with Gasteiger partial charge in [0.1, 0.15) is 10.9 Å². The normalized spacial score (nSPS) is 12.8. The zero-order valence-electron chi connectivity index (χ0n) is 20.6. The SMILES string of the molecule is CC(C)CC(C(=O)NCc1ccccc1)N(Cc1ccc2c(c1)OCO2)C(=O)c1snc(C(N)=O)c1N. The summed E-state index contributed by atoms with van der Waals surface area (Å²) in [5.41, 5.74) is 12.9. The van der Waals surface area contributed by atoms with Crippen LogP contribution < -0.4 is 26.3 Å². The van der Waals surface area contributed by atoms with E-state index in [1.54, 1.807) is 12.1 Å². The Morgan fingerprint density at radius 2 is 1.81 bits per heavy atom. The number of hydrogen-bond acceptors (Lipinski definition) is 8. The second-order valence-electron chi connectivity index (χ2n) is 9.11. The molecule has 1 atom stereocenters. The highest BCUT2D eigenvalue weighted by molar-refractivity contribution is 7.09. The summed E-state index contributed by atoms with van der Waals surface area (Å²) in [4.78, 5) is 40.6. The second kappa shape index (κ2) is 11.3. The highest BCUT2D eigenvalue weighted by atomic mass is 32.1. The van der Waals surface area contributed by atoms with E-state index in [0.29, 0.717) is 24.5 Å². The fraction of sp³-hybridized carbons (Fsp3) is 0.308. The Bertz CT molecular complexity index is 1290. The molecule has 1 aromatic heterocycles. The minimum atomic E-state index is -0.825. The molecule has 4 rings (SSSR count). The standard InChI is InChI=1S/C26H29N5O5S/c1-15(2)10-18(25(33)29-12-16-6-4-3-5-7-16)31(13-17-8-9-19-20(11-17)36-14-35-19)26(34)23-21(27)22(24(28)32)30-37-23/h3-9,11,15,18H,10,12-14,27H2,1-2H3,(H2,28,32)(H,29,33). The van der Waals surface area contributed by atoms with Crippen molar-refractivity contribution in [3.63, 3.8) is 0 Å². The van der Waals surface area contributed by atoms with E-state index in [1.807, 2.05) is 50.2 Å². The van der Waals surface area contributed by atoms with E-state index < -0.39 is 17.9 Å². The van der Waals surface area contributed by atoms with Crippen LogP contribution in [0.25, 0.3) is 0 Å². The van der Waals surface area contributed by atoms with Crippen LogP contribution in [0.1, 0.15) is 51.6 Å². The molecule has 0 fully saturated rings. The highest BCUT2D eigenvalue weighted by Gasteiger charge is 2.34. The average Bonchev–Trinajstić information content (AvgIpc) is 3.50. The second-order valence-corrected chi connectivity index (χ2v) is 9.88. The predicted molar refractivity (Wildman–Crippen MR) is 139 cm³/mol.